The lowest BCUT2D eigenvalue weighted by Gasteiger charge is -2.15. The highest BCUT2D eigenvalue weighted by Gasteiger charge is 2.31. The van der Waals surface area contributed by atoms with Crippen molar-refractivity contribution in [2.24, 2.45) is 5.11 Å². The van der Waals surface area contributed by atoms with E-state index in [2.05, 4.69) is 19.9 Å². The maximum absolute atomic E-state index is 9.89. The van der Waals surface area contributed by atoms with Crippen molar-refractivity contribution in [3.05, 3.63) is 29.2 Å². The van der Waals surface area contributed by atoms with Gasteiger partial charge in [-0.1, -0.05) is 5.11 Å². The number of hydrogen-bond acceptors (Lipinski definition) is 4. The summed E-state index contributed by atoms with van der Waals surface area (Å²) in [6, 6.07) is 0.0496. The fourth-order valence-corrected chi connectivity index (χ4v) is 2.02. The molecule has 7 heteroatoms. The highest BCUT2D eigenvalue weighted by Crippen LogP contribution is 2.21. The Balaban J connectivity index is 1.91. The van der Waals surface area contributed by atoms with E-state index in [1.54, 1.807) is 12.5 Å². The fraction of sp³-hybridized carbons (Fsp3) is 0.667. The third kappa shape index (κ3) is 2.33. The Morgan fingerprint density at radius 1 is 1.56 bits per heavy atom. The summed E-state index contributed by atoms with van der Waals surface area (Å²) in [5, 5.41) is 13.4. The first-order chi connectivity index (χ1) is 7.81. The van der Waals surface area contributed by atoms with Gasteiger partial charge in [0.25, 0.3) is 0 Å². The molecule has 0 radical (unpaired) electrons. The quantitative estimate of drug-likeness (QED) is 0.454. The molecule has 86 valence electrons. The number of likely N-dealkylation sites (tertiary alicyclic amines) is 1. The molecule has 0 aliphatic carbocycles. The van der Waals surface area contributed by atoms with Crippen LogP contribution in [-0.2, 0) is 0 Å². The molecule has 1 aliphatic rings. The van der Waals surface area contributed by atoms with E-state index in [0.29, 0.717) is 19.6 Å². The molecule has 2 unspecified atom stereocenters. The molecule has 1 N–H and O–H groups in total. The van der Waals surface area contributed by atoms with Crippen molar-refractivity contribution >= 4 is 0 Å². The molecular weight excluding hydrogens is 208 g/mol. The molecule has 1 aromatic rings. The van der Waals surface area contributed by atoms with Gasteiger partial charge in [0.05, 0.1) is 18.5 Å². The number of hydrogen-bond donors (Lipinski definition) is 1. The van der Waals surface area contributed by atoms with Crippen molar-refractivity contribution < 1.29 is 5.11 Å². The van der Waals surface area contributed by atoms with E-state index < -0.39 is 0 Å². The second-order valence-corrected chi connectivity index (χ2v) is 3.86. The molecule has 2 atom stereocenters. The zero-order chi connectivity index (χ0) is 11.4. The smallest absolute Gasteiger partial charge is 0.0949 e. The summed E-state index contributed by atoms with van der Waals surface area (Å²) in [5.74, 6) is 0. The monoisotopic (exact) mass is 222 g/mol. The van der Waals surface area contributed by atoms with Crippen LogP contribution in [-0.4, -0.2) is 51.8 Å². The number of imidazole rings is 1. The highest BCUT2D eigenvalue weighted by molar-refractivity contribution is 4.92. The summed E-state index contributed by atoms with van der Waals surface area (Å²) in [7, 11) is 0. The van der Waals surface area contributed by atoms with Gasteiger partial charge in [0, 0.05) is 43.5 Å². The maximum atomic E-state index is 9.89. The van der Waals surface area contributed by atoms with E-state index >= 15 is 0 Å². The first-order valence-corrected chi connectivity index (χ1v) is 5.20. The summed E-state index contributed by atoms with van der Waals surface area (Å²) in [4.78, 5) is 8.76. The molecule has 16 heavy (non-hydrogen) atoms. The van der Waals surface area contributed by atoms with Gasteiger partial charge in [0.2, 0.25) is 0 Å². The van der Waals surface area contributed by atoms with Crippen LogP contribution in [0.5, 0.6) is 0 Å². The second-order valence-electron chi connectivity index (χ2n) is 3.86. The zero-order valence-corrected chi connectivity index (χ0v) is 8.85. The number of aliphatic hydroxyl groups is 1. The van der Waals surface area contributed by atoms with Crippen LogP contribution in [0.25, 0.3) is 10.4 Å². The van der Waals surface area contributed by atoms with Gasteiger partial charge in [-0.25, -0.2) is 4.98 Å². The van der Waals surface area contributed by atoms with Crippen LogP contribution in [0, 0.1) is 0 Å². The Bertz CT molecular complexity index is 371. The number of azide groups is 1. The van der Waals surface area contributed by atoms with Crippen LogP contribution in [0.4, 0.5) is 0 Å². The van der Waals surface area contributed by atoms with Crippen molar-refractivity contribution in [2.45, 2.75) is 12.1 Å². The molecule has 2 heterocycles. The van der Waals surface area contributed by atoms with Gasteiger partial charge in [-0.05, 0) is 5.53 Å². The van der Waals surface area contributed by atoms with Crippen LogP contribution in [0.15, 0.2) is 23.8 Å². The minimum atomic E-state index is -0.389. The van der Waals surface area contributed by atoms with E-state index in [9.17, 15) is 5.11 Å². The number of β-amino-alcohol motifs (C(OH)–C–C–N with tert-alkyl or cyclic N) is 1. The zero-order valence-electron chi connectivity index (χ0n) is 8.85. The van der Waals surface area contributed by atoms with Gasteiger partial charge >= 0.3 is 0 Å². The normalized spacial score (nSPS) is 25.6. The first-order valence-electron chi connectivity index (χ1n) is 5.20. The van der Waals surface area contributed by atoms with Gasteiger partial charge in [0.1, 0.15) is 0 Å². The molecule has 0 spiro atoms. The molecule has 7 nitrogen and oxygen atoms in total. The molecule has 0 aromatic carbocycles. The van der Waals surface area contributed by atoms with Gasteiger partial charge < -0.3 is 9.67 Å². The molecule has 1 aromatic heterocycles. The number of aromatic nitrogens is 2. The number of aliphatic hydroxyl groups excluding tert-OH is 1. The summed E-state index contributed by atoms with van der Waals surface area (Å²) < 4.78 is 1.91. The molecule has 1 saturated heterocycles. The van der Waals surface area contributed by atoms with Crippen molar-refractivity contribution in [3.63, 3.8) is 0 Å². The van der Waals surface area contributed by atoms with Crippen LogP contribution >= 0.6 is 0 Å². The van der Waals surface area contributed by atoms with E-state index in [1.807, 2.05) is 10.8 Å². The molecular formula is C9H14N6O. The van der Waals surface area contributed by atoms with Crippen LogP contribution in [0.1, 0.15) is 6.04 Å². The lowest BCUT2D eigenvalue weighted by molar-refractivity contribution is 0.144. The van der Waals surface area contributed by atoms with Crippen molar-refractivity contribution in [3.8, 4) is 0 Å². The first kappa shape index (κ1) is 10.9. The molecule has 0 amide bonds. The minimum Gasteiger partial charge on any atom is -0.390 e. The van der Waals surface area contributed by atoms with Crippen LogP contribution in [0.3, 0.4) is 0 Å². The van der Waals surface area contributed by atoms with Crippen LogP contribution < -0.4 is 0 Å². The highest BCUT2D eigenvalue weighted by atomic mass is 16.3. The second kappa shape index (κ2) is 4.98. The van der Waals surface area contributed by atoms with Gasteiger partial charge in [-0.15, -0.1) is 0 Å². The van der Waals surface area contributed by atoms with E-state index in [0.717, 1.165) is 6.54 Å². The maximum Gasteiger partial charge on any atom is 0.0949 e. The molecule has 0 saturated carbocycles. The topological polar surface area (TPSA) is 90.0 Å². The van der Waals surface area contributed by atoms with Gasteiger partial charge in [-0.2, -0.15) is 0 Å². The Kier molecular flexibility index (Phi) is 3.40. The lowest BCUT2D eigenvalue weighted by atomic mass is 10.2. The predicted molar refractivity (Wildman–Crippen MR) is 57.7 cm³/mol. The summed E-state index contributed by atoms with van der Waals surface area (Å²) in [6.45, 7) is 2.51. The van der Waals surface area contributed by atoms with Gasteiger partial charge in [0.15, 0.2) is 0 Å². The molecule has 1 fully saturated rings. The Labute approximate surface area is 92.9 Å². The molecule has 0 bridgehead atoms. The van der Waals surface area contributed by atoms with Crippen molar-refractivity contribution in [2.75, 3.05) is 26.2 Å². The van der Waals surface area contributed by atoms with Crippen LogP contribution in [0.2, 0.25) is 0 Å². The lowest BCUT2D eigenvalue weighted by Crippen LogP contribution is -2.24. The largest absolute Gasteiger partial charge is 0.390 e. The van der Waals surface area contributed by atoms with Crippen molar-refractivity contribution in [1.29, 1.82) is 0 Å². The number of rotatable bonds is 4. The van der Waals surface area contributed by atoms with E-state index in [4.69, 9.17) is 5.53 Å². The van der Waals surface area contributed by atoms with Crippen molar-refractivity contribution in [1.82, 2.24) is 14.5 Å². The standard InChI is InChI=1S/C9H14N6O/c10-13-12-2-3-14-5-8(9(16)6-14)15-4-1-11-7-15/h1,4,7-9,16H,2-3,5-6H2. The minimum absolute atomic E-state index is 0.0496. The molecule has 1 aliphatic heterocycles. The summed E-state index contributed by atoms with van der Waals surface area (Å²) in [5.41, 5.74) is 8.17. The average Bonchev–Trinajstić information content (AvgIpc) is 2.87. The predicted octanol–water partition coefficient (Wildman–Crippen LogP) is 0.411. The Hall–Kier alpha value is -1.56. The van der Waals surface area contributed by atoms with Gasteiger partial charge in [-0.3, -0.25) is 4.90 Å². The Morgan fingerprint density at radius 3 is 3.12 bits per heavy atom. The Morgan fingerprint density at radius 2 is 2.44 bits per heavy atom. The third-order valence-corrected chi connectivity index (χ3v) is 2.82. The van der Waals surface area contributed by atoms with E-state index in [1.165, 1.54) is 0 Å². The summed E-state index contributed by atoms with van der Waals surface area (Å²) in [6.07, 6.45) is 4.88. The SMILES string of the molecule is [N-]=[N+]=NCCN1CC(O)C(n2ccnc2)C1. The summed E-state index contributed by atoms with van der Waals surface area (Å²) >= 11 is 0. The third-order valence-electron chi connectivity index (χ3n) is 2.82. The van der Waals surface area contributed by atoms with E-state index in [-0.39, 0.29) is 12.1 Å². The fourth-order valence-electron chi connectivity index (χ4n) is 2.02. The number of nitrogens with zero attached hydrogens (tertiary/aromatic N) is 6. The molecule has 2 rings (SSSR count). The average molecular weight is 222 g/mol.